The molecule has 2 atom stereocenters. The fourth-order valence-electron chi connectivity index (χ4n) is 2.94. The summed E-state index contributed by atoms with van der Waals surface area (Å²) in [6, 6.07) is 7.73. The van der Waals surface area contributed by atoms with E-state index in [0.29, 0.717) is 25.3 Å². The Morgan fingerprint density at radius 2 is 2.21 bits per heavy atom. The molecule has 2 rings (SSSR count). The van der Waals surface area contributed by atoms with Gasteiger partial charge < -0.3 is 25.4 Å². The highest BCUT2D eigenvalue weighted by Crippen LogP contribution is 2.11. The Hall–Kier alpha value is -1.39. The fraction of sp³-hybridized carbons (Fsp3) is 0.600. The van der Waals surface area contributed by atoms with Gasteiger partial charge in [0.05, 0.1) is 19.3 Å². The van der Waals surface area contributed by atoms with E-state index in [1.54, 1.807) is 7.11 Å². The smallest absolute Gasteiger partial charge is 0.251 e. The van der Waals surface area contributed by atoms with Gasteiger partial charge in [0.1, 0.15) is 0 Å². The van der Waals surface area contributed by atoms with Crippen molar-refractivity contribution < 1.29 is 14.3 Å². The van der Waals surface area contributed by atoms with Crippen LogP contribution in [0.5, 0.6) is 0 Å². The average Bonchev–Trinajstić information content (AvgIpc) is 3.18. The van der Waals surface area contributed by atoms with Crippen molar-refractivity contribution in [3.63, 3.8) is 0 Å². The molecule has 0 aromatic heterocycles. The number of carbonyl (C=O) groups is 1. The Kier molecular flexibility index (Phi) is 12.1. The van der Waals surface area contributed by atoms with Crippen molar-refractivity contribution >= 4 is 35.8 Å². The van der Waals surface area contributed by atoms with E-state index in [1.165, 1.54) is 0 Å². The van der Waals surface area contributed by atoms with Crippen LogP contribution in [0.3, 0.4) is 0 Å². The SMILES string of the molecule is CCNC(=NCc1cccc(C(=O)NCC2CCCO2)c1)NC(C)COC.I. The molecule has 1 heterocycles. The molecular weight excluding hydrogens is 471 g/mol. The molecule has 1 aromatic carbocycles. The number of halogens is 1. The molecule has 158 valence electrons. The van der Waals surface area contributed by atoms with Gasteiger partial charge in [-0.2, -0.15) is 0 Å². The van der Waals surface area contributed by atoms with Gasteiger partial charge in [0.25, 0.3) is 5.91 Å². The van der Waals surface area contributed by atoms with Crippen LogP contribution in [-0.2, 0) is 16.0 Å². The summed E-state index contributed by atoms with van der Waals surface area (Å²) in [4.78, 5) is 17.0. The minimum Gasteiger partial charge on any atom is -0.383 e. The summed E-state index contributed by atoms with van der Waals surface area (Å²) in [5.74, 6) is 0.658. The van der Waals surface area contributed by atoms with E-state index in [9.17, 15) is 4.79 Å². The molecule has 1 aliphatic rings. The molecule has 8 heteroatoms. The normalized spacial score (nSPS) is 17.5. The Bertz CT molecular complexity index is 621. The lowest BCUT2D eigenvalue weighted by molar-refractivity contribution is 0.0857. The Morgan fingerprint density at radius 1 is 1.39 bits per heavy atom. The summed E-state index contributed by atoms with van der Waals surface area (Å²) in [6.45, 7) is 7.28. The Morgan fingerprint density at radius 3 is 2.89 bits per heavy atom. The number of benzene rings is 1. The maximum atomic E-state index is 12.4. The molecule has 1 fully saturated rings. The standard InChI is InChI=1S/C20H32N4O3.HI/c1-4-21-20(24-15(2)14-26-3)23-12-16-7-5-8-17(11-16)19(25)22-13-18-9-6-10-27-18;/h5,7-8,11,15,18H,4,6,9-10,12-14H2,1-3H3,(H,22,25)(H2,21,23,24);1H. The van der Waals surface area contributed by atoms with Crippen molar-refractivity contribution in [3.8, 4) is 0 Å². The van der Waals surface area contributed by atoms with Crippen molar-refractivity contribution in [1.82, 2.24) is 16.0 Å². The van der Waals surface area contributed by atoms with Gasteiger partial charge in [0, 0.05) is 38.4 Å². The third-order valence-electron chi connectivity index (χ3n) is 4.27. The van der Waals surface area contributed by atoms with Crippen LogP contribution in [0.25, 0.3) is 0 Å². The molecule has 1 aliphatic heterocycles. The van der Waals surface area contributed by atoms with Gasteiger partial charge in [-0.3, -0.25) is 4.79 Å². The monoisotopic (exact) mass is 504 g/mol. The predicted octanol–water partition coefficient (Wildman–Crippen LogP) is 2.30. The molecule has 1 aromatic rings. The second-order valence-corrected chi connectivity index (χ2v) is 6.74. The molecule has 2 unspecified atom stereocenters. The van der Waals surface area contributed by atoms with Crippen LogP contribution in [0, 0.1) is 0 Å². The van der Waals surface area contributed by atoms with Crippen molar-refractivity contribution in [2.45, 2.75) is 45.4 Å². The maximum absolute atomic E-state index is 12.4. The zero-order valence-electron chi connectivity index (χ0n) is 17.0. The van der Waals surface area contributed by atoms with Gasteiger partial charge in [-0.25, -0.2) is 4.99 Å². The third kappa shape index (κ3) is 8.74. The largest absolute Gasteiger partial charge is 0.383 e. The van der Waals surface area contributed by atoms with Gasteiger partial charge >= 0.3 is 0 Å². The third-order valence-corrected chi connectivity index (χ3v) is 4.27. The summed E-state index contributed by atoms with van der Waals surface area (Å²) in [7, 11) is 1.68. The van der Waals surface area contributed by atoms with Crippen molar-refractivity contribution in [2.75, 3.05) is 33.4 Å². The molecule has 0 bridgehead atoms. The highest BCUT2D eigenvalue weighted by atomic mass is 127. The van der Waals surface area contributed by atoms with Crippen molar-refractivity contribution in [2.24, 2.45) is 4.99 Å². The minimum atomic E-state index is -0.0740. The number of carbonyl (C=O) groups excluding carboxylic acids is 1. The molecule has 0 aliphatic carbocycles. The lowest BCUT2D eigenvalue weighted by Crippen LogP contribution is -2.43. The number of methoxy groups -OCH3 is 1. The maximum Gasteiger partial charge on any atom is 0.251 e. The van der Waals surface area contributed by atoms with Gasteiger partial charge in [0.2, 0.25) is 0 Å². The molecule has 7 nitrogen and oxygen atoms in total. The van der Waals surface area contributed by atoms with E-state index in [2.05, 4.69) is 20.9 Å². The first-order valence-electron chi connectivity index (χ1n) is 9.65. The molecule has 1 amide bonds. The number of hydrogen-bond acceptors (Lipinski definition) is 4. The number of aliphatic imine (C=N–C) groups is 1. The van der Waals surface area contributed by atoms with Crippen LogP contribution in [0.4, 0.5) is 0 Å². The van der Waals surface area contributed by atoms with Gasteiger partial charge in [-0.05, 0) is 44.4 Å². The average molecular weight is 504 g/mol. The lowest BCUT2D eigenvalue weighted by atomic mass is 10.1. The van der Waals surface area contributed by atoms with Gasteiger partial charge in [0.15, 0.2) is 5.96 Å². The molecule has 3 N–H and O–H groups in total. The summed E-state index contributed by atoms with van der Waals surface area (Å²) in [6.07, 6.45) is 2.22. The van der Waals surface area contributed by atoms with Crippen LogP contribution in [0.2, 0.25) is 0 Å². The zero-order chi connectivity index (χ0) is 19.5. The summed E-state index contributed by atoms with van der Waals surface area (Å²) in [5.41, 5.74) is 1.63. The number of nitrogens with zero attached hydrogens (tertiary/aromatic N) is 1. The van der Waals surface area contributed by atoms with Crippen LogP contribution in [0.1, 0.15) is 42.6 Å². The molecule has 0 radical (unpaired) electrons. The van der Waals surface area contributed by atoms with E-state index in [1.807, 2.05) is 38.1 Å². The van der Waals surface area contributed by atoms with Crippen LogP contribution in [0.15, 0.2) is 29.3 Å². The summed E-state index contributed by atoms with van der Waals surface area (Å²) in [5, 5.41) is 9.48. The van der Waals surface area contributed by atoms with E-state index in [-0.39, 0.29) is 42.0 Å². The van der Waals surface area contributed by atoms with Crippen molar-refractivity contribution in [1.29, 1.82) is 0 Å². The first-order chi connectivity index (χ1) is 13.1. The van der Waals surface area contributed by atoms with Crippen LogP contribution in [-0.4, -0.2) is 57.4 Å². The van der Waals surface area contributed by atoms with Gasteiger partial charge in [-0.1, -0.05) is 12.1 Å². The Labute approximate surface area is 185 Å². The number of ether oxygens (including phenoxy) is 2. The topological polar surface area (TPSA) is 84.0 Å². The Balaban J connectivity index is 0.00000392. The molecular formula is C20H33IN4O3. The van der Waals surface area contributed by atoms with E-state index < -0.39 is 0 Å². The fourth-order valence-corrected chi connectivity index (χ4v) is 2.94. The first kappa shape index (κ1) is 24.6. The molecule has 1 saturated heterocycles. The molecule has 28 heavy (non-hydrogen) atoms. The highest BCUT2D eigenvalue weighted by molar-refractivity contribution is 14.0. The number of rotatable bonds is 9. The van der Waals surface area contributed by atoms with Gasteiger partial charge in [-0.15, -0.1) is 24.0 Å². The van der Waals surface area contributed by atoms with Crippen LogP contribution >= 0.6 is 24.0 Å². The summed E-state index contributed by atoms with van der Waals surface area (Å²) >= 11 is 0. The van der Waals surface area contributed by atoms with E-state index in [0.717, 1.165) is 37.5 Å². The highest BCUT2D eigenvalue weighted by Gasteiger charge is 2.16. The zero-order valence-corrected chi connectivity index (χ0v) is 19.3. The molecule has 0 spiro atoms. The number of nitrogens with one attached hydrogen (secondary N) is 3. The van der Waals surface area contributed by atoms with Crippen LogP contribution < -0.4 is 16.0 Å². The summed E-state index contributed by atoms with van der Waals surface area (Å²) < 4.78 is 10.7. The van der Waals surface area contributed by atoms with Crippen molar-refractivity contribution in [3.05, 3.63) is 35.4 Å². The lowest BCUT2D eigenvalue weighted by Gasteiger charge is -2.17. The first-order valence-corrected chi connectivity index (χ1v) is 9.65. The predicted molar refractivity (Wildman–Crippen MR) is 122 cm³/mol. The second-order valence-electron chi connectivity index (χ2n) is 6.74. The molecule has 0 saturated carbocycles. The number of guanidine groups is 1. The van der Waals surface area contributed by atoms with E-state index in [4.69, 9.17) is 9.47 Å². The number of hydrogen-bond donors (Lipinski definition) is 3. The quantitative estimate of drug-likeness (QED) is 0.273. The number of amides is 1. The second kappa shape index (κ2) is 13.7. The minimum absolute atomic E-state index is 0. The van der Waals surface area contributed by atoms with E-state index >= 15 is 0 Å².